The van der Waals surface area contributed by atoms with Crippen molar-refractivity contribution in [3.63, 3.8) is 0 Å². The van der Waals surface area contributed by atoms with E-state index in [1.807, 2.05) is 22.6 Å². The lowest BCUT2D eigenvalue weighted by atomic mass is 10.0. The van der Waals surface area contributed by atoms with E-state index in [9.17, 15) is 9.59 Å². The number of methoxy groups -OCH3 is 1. The zero-order chi connectivity index (χ0) is 24.3. The molecule has 35 heavy (non-hydrogen) atoms. The summed E-state index contributed by atoms with van der Waals surface area (Å²) in [6, 6.07) is 5.72. The van der Waals surface area contributed by atoms with Crippen molar-refractivity contribution in [2.45, 2.75) is 44.7 Å². The molecule has 6 rings (SSSR count). The molecule has 1 aliphatic carbocycles. The van der Waals surface area contributed by atoms with Gasteiger partial charge in [0.1, 0.15) is 17.0 Å². The number of amides is 1. The van der Waals surface area contributed by atoms with Gasteiger partial charge in [0.15, 0.2) is 5.82 Å². The Morgan fingerprint density at radius 1 is 1.26 bits per heavy atom. The van der Waals surface area contributed by atoms with E-state index >= 15 is 0 Å². The Kier molecular flexibility index (Phi) is 5.32. The van der Waals surface area contributed by atoms with E-state index in [1.54, 1.807) is 13.2 Å². The van der Waals surface area contributed by atoms with Gasteiger partial charge in [-0.25, -0.2) is 9.78 Å². The SMILES string of the molecule is COc1cc(C(=O)N2CCCC(N)C2)cc2nc(-c3cc4c(n3CC3CC3)C(=O)OCC4)n(C)c12. The number of nitrogens with two attached hydrogens (primary N) is 1. The highest BCUT2D eigenvalue weighted by atomic mass is 16.5. The largest absolute Gasteiger partial charge is 0.494 e. The van der Waals surface area contributed by atoms with Crippen molar-refractivity contribution in [1.82, 2.24) is 19.0 Å². The van der Waals surface area contributed by atoms with E-state index in [0.717, 1.165) is 42.0 Å². The molecule has 1 saturated carbocycles. The van der Waals surface area contributed by atoms with Crippen LogP contribution in [0.25, 0.3) is 22.6 Å². The highest BCUT2D eigenvalue weighted by Gasteiger charge is 2.32. The summed E-state index contributed by atoms with van der Waals surface area (Å²) >= 11 is 0. The standard InChI is InChI=1S/C26H31N5O4/c1-29-23-19(10-17(12-21(23)34-2)25(32)30-8-3-4-18(27)14-30)28-24(29)20-11-16-7-9-35-26(33)22(16)31(20)13-15-5-6-15/h10-12,15,18H,3-9,13-14,27H2,1-2H3. The first-order chi connectivity index (χ1) is 16.9. The van der Waals surface area contributed by atoms with Gasteiger partial charge in [0.05, 0.1) is 24.9 Å². The zero-order valence-corrected chi connectivity index (χ0v) is 20.2. The zero-order valence-electron chi connectivity index (χ0n) is 20.2. The molecule has 1 saturated heterocycles. The molecule has 2 N–H and O–H groups in total. The van der Waals surface area contributed by atoms with Crippen molar-refractivity contribution in [2.75, 3.05) is 26.8 Å². The minimum Gasteiger partial charge on any atom is -0.494 e. The molecule has 3 aliphatic rings. The fourth-order valence-electron chi connectivity index (χ4n) is 5.49. The number of carbonyl (C=O) groups excluding carboxylic acids is 2. The molecule has 4 heterocycles. The molecule has 9 heteroatoms. The van der Waals surface area contributed by atoms with E-state index in [1.165, 1.54) is 12.8 Å². The Morgan fingerprint density at radius 2 is 2.09 bits per heavy atom. The lowest BCUT2D eigenvalue weighted by Crippen LogP contribution is -2.45. The smallest absolute Gasteiger partial charge is 0.355 e. The van der Waals surface area contributed by atoms with Gasteiger partial charge in [-0.05, 0) is 55.4 Å². The summed E-state index contributed by atoms with van der Waals surface area (Å²) in [7, 11) is 3.56. The number of rotatable bonds is 5. The van der Waals surface area contributed by atoms with Crippen molar-refractivity contribution >= 4 is 22.9 Å². The van der Waals surface area contributed by atoms with Gasteiger partial charge in [0.25, 0.3) is 5.91 Å². The normalized spacial score (nSPS) is 20.1. The van der Waals surface area contributed by atoms with E-state index in [0.29, 0.717) is 54.6 Å². The molecule has 2 aromatic heterocycles. The number of hydrogen-bond acceptors (Lipinski definition) is 6. The van der Waals surface area contributed by atoms with E-state index in [4.69, 9.17) is 20.2 Å². The van der Waals surface area contributed by atoms with Crippen LogP contribution in [0.2, 0.25) is 0 Å². The molecule has 1 atom stereocenters. The van der Waals surface area contributed by atoms with Gasteiger partial charge in [-0.2, -0.15) is 0 Å². The van der Waals surface area contributed by atoms with Crippen LogP contribution in [0, 0.1) is 5.92 Å². The number of cyclic esters (lactones) is 1. The number of fused-ring (bicyclic) bond motifs is 2. The summed E-state index contributed by atoms with van der Waals surface area (Å²) in [6.07, 6.45) is 4.89. The van der Waals surface area contributed by atoms with Gasteiger partial charge in [0, 0.05) is 44.7 Å². The van der Waals surface area contributed by atoms with Crippen LogP contribution in [0.4, 0.5) is 0 Å². The number of nitrogens with zero attached hydrogens (tertiary/aromatic N) is 4. The minimum absolute atomic E-state index is 0.0109. The number of likely N-dealkylation sites (tertiary alicyclic amines) is 1. The second kappa shape index (κ2) is 8.41. The first kappa shape index (κ1) is 22.2. The molecule has 0 bridgehead atoms. The van der Waals surface area contributed by atoms with Crippen LogP contribution < -0.4 is 10.5 Å². The third-order valence-electron chi connectivity index (χ3n) is 7.49. The Bertz CT molecular complexity index is 1340. The number of hydrogen-bond donors (Lipinski definition) is 1. The molecular weight excluding hydrogens is 446 g/mol. The summed E-state index contributed by atoms with van der Waals surface area (Å²) in [5, 5.41) is 0. The van der Waals surface area contributed by atoms with Crippen molar-refractivity contribution in [3.8, 4) is 17.3 Å². The van der Waals surface area contributed by atoms with E-state index in [-0.39, 0.29) is 17.9 Å². The van der Waals surface area contributed by atoms with Gasteiger partial charge >= 0.3 is 5.97 Å². The van der Waals surface area contributed by atoms with Crippen molar-refractivity contribution in [2.24, 2.45) is 18.7 Å². The van der Waals surface area contributed by atoms with Crippen molar-refractivity contribution < 1.29 is 19.1 Å². The predicted octanol–water partition coefficient (Wildman–Crippen LogP) is 2.74. The number of aromatic nitrogens is 3. The number of piperidine rings is 1. The average molecular weight is 478 g/mol. The maximum absolute atomic E-state index is 13.3. The van der Waals surface area contributed by atoms with Gasteiger partial charge in [-0.3, -0.25) is 4.79 Å². The first-order valence-corrected chi connectivity index (χ1v) is 12.4. The number of benzene rings is 1. The molecular formula is C26H31N5O4. The van der Waals surface area contributed by atoms with Crippen LogP contribution >= 0.6 is 0 Å². The van der Waals surface area contributed by atoms with Gasteiger partial charge in [-0.15, -0.1) is 0 Å². The van der Waals surface area contributed by atoms with E-state index in [2.05, 4.69) is 10.6 Å². The third kappa shape index (κ3) is 3.78. The highest BCUT2D eigenvalue weighted by Crippen LogP contribution is 2.38. The molecule has 1 amide bonds. The highest BCUT2D eigenvalue weighted by molar-refractivity contribution is 6.00. The molecule has 9 nitrogen and oxygen atoms in total. The van der Waals surface area contributed by atoms with Crippen LogP contribution in [-0.4, -0.2) is 63.7 Å². The molecule has 2 fully saturated rings. The number of esters is 1. The number of ether oxygens (including phenoxy) is 2. The summed E-state index contributed by atoms with van der Waals surface area (Å²) in [5.41, 5.74) is 10.7. The molecule has 1 aromatic carbocycles. The molecule has 1 unspecified atom stereocenters. The third-order valence-corrected chi connectivity index (χ3v) is 7.49. The quantitative estimate of drug-likeness (QED) is 0.567. The predicted molar refractivity (Wildman–Crippen MR) is 131 cm³/mol. The van der Waals surface area contributed by atoms with Crippen molar-refractivity contribution in [3.05, 3.63) is 35.0 Å². The van der Waals surface area contributed by atoms with Crippen LogP contribution in [-0.2, 0) is 24.8 Å². The van der Waals surface area contributed by atoms with Gasteiger partial charge in [0.2, 0.25) is 0 Å². The fourth-order valence-corrected chi connectivity index (χ4v) is 5.49. The number of aryl methyl sites for hydroxylation is 1. The molecule has 2 aliphatic heterocycles. The second-order valence-electron chi connectivity index (χ2n) is 10.0. The monoisotopic (exact) mass is 477 g/mol. The van der Waals surface area contributed by atoms with Gasteiger partial charge in [-0.1, -0.05) is 0 Å². The first-order valence-electron chi connectivity index (χ1n) is 12.4. The lowest BCUT2D eigenvalue weighted by molar-refractivity contribution is 0.0466. The van der Waals surface area contributed by atoms with Crippen LogP contribution in [0.5, 0.6) is 5.75 Å². The molecule has 3 aromatic rings. The Hall–Kier alpha value is -3.33. The maximum atomic E-state index is 13.3. The molecule has 0 spiro atoms. The van der Waals surface area contributed by atoms with Gasteiger partial charge < -0.3 is 29.2 Å². The summed E-state index contributed by atoms with van der Waals surface area (Å²) in [4.78, 5) is 32.7. The van der Waals surface area contributed by atoms with Crippen LogP contribution in [0.15, 0.2) is 18.2 Å². The fraction of sp³-hybridized carbons (Fsp3) is 0.500. The molecule has 0 radical (unpaired) electrons. The number of carbonyl (C=O) groups is 2. The summed E-state index contributed by atoms with van der Waals surface area (Å²) in [6.45, 7) is 2.44. The maximum Gasteiger partial charge on any atom is 0.355 e. The minimum atomic E-state index is -0.262. The second-order valence-corrected chi connectivity index (χ2v) is 10.0. The molecule has 184 valence electrons. The lowest BCUT2D eigenvalue weighted by Gasteiger charge is -2.30. The Balaban J connectivity index is 1.46. The average Bonchev–Trinajstić information content (AvgIpc) is 3.51. The summed E-state index contributed by atoms with van der Waals surface area (Å²) in [5.74, 6) is 1.60. The number of imidazole rings is 1. The Labute approximate surface area is 203 Å². The summed E-state index contributed by atoms with van der Waals surface area (Å²) < 4.78 is 15.2. The van der Waals surface area contributed by atoms with E-state index < -0.39 is 0 Å². The van der Waals surface area contributed by atoms with Crippen molar-refractivity contribution in [1.29, 1.82) is 0 Å². The Morgan fingerprint density at radius 3 is 2.83 bits per heavy atom. The van der Waals surface area contributed by atoms with Crippen LogP contribution in [0.3, 0.4) is 0 Å². The van der Waals surface area contributed by atoms with Crippen LogP contribution in [0.1, 0.15) is 52.1 Å². The topological polar surface area (TPSA) is 105 Å².